The molecule has 0 aromatic heterocycles. The monoisotopic (exact) mass is 427 g/mol. The zero-order valence-electron chi connectivity index (χ0n) is 18.9. The summed E-state index contributed by atoms with van der Waals surface area (Å²) >= 11 is 0. The van der Waals surface area contributed by atoms with E-state index in [1.165, 1.54) is 6.07 Å². The molecule has 0 spiro atoms. The van der Waals surface area contributed by atoms with Gasteiger partial charge in [0.05, 0.1) is 12.6 Å². The Morgan fingerprint density at radius 2 is 1.84 bits per heavy atom. The van der Waals surface area contributed by atoms with Crippen molar-refractivity contribution in [3.05, 3.63) is 65.5 Å². The fourth-order valence-electron chi connectivity index (χ4n) is 4.26. The fraction of sp³-hybridized carbons (Fsp3) is 0.500. The molecule has 0 unspecified atom stereocenters. The predicted molar refractivity (Wildman–Crippen MR) is 121 cm³/mol. The summed E-state index contributed by atoms with van der Waals surface area (Å²) in [4.78, 5) is 14.4. The summed E-state index contributed by atoms with van der Waals surface area (Å²) < 4.78 is 25.9. The summed E-state index contributed by atoms with van der Waals surface area (Å²) in [6, 6.07) is 14.6. The molecule has 1 aliphatic heterocycles. The largest absolute Gasteiger partial charge is 0.490 e. The summed E-state index contributed by atoms with van der Waals surface area (Å²) in [7, 11) is 0. The Labute approximate surface area is 185 Å². The van der Waals surface area contributed by atoms with Crippen molar-refractivity contribution in [1.29, 1.82) is 0 Å². The molecule has 1 aliphatic rings. The minimum absolute atomic E-state index is 0.0594. The quantitative estimate of drug-likeness (QED) is 0.407. The van der Waals surface area contributed by atoms with E-state index in [0.717, 1.165) is 36.8 Å². The molecule has 2 aromatic carbocycles. The molecule has 4 nitrogen and oxygen atoms in total. The summed E-state index contributed by atoms with van der Waals surface area (Å²) in [5.74, 6) is 0.293. The first-order valence-electron chi connectivity index (χ1n) is 11.5. The molecule has 0 saturated carbocycles. The summed E-state index contributed by atoms with van der Waals surface area (Å²) in [6.07, 6.45) is 4.25. The second-order valence-corrected chi connectivity index (χ2v) is 8.39. The number of carbonyl (C=O) groups excluding carboxylic acids is 1. The van der Waals surface area contributed by atoms with Crippen molar-refractivity contribution in [1.82, 2.24) is 4.90 Å². The van der Waals surface area contributed by atoms with Crippen LogP contribution in [0.25, 0.3) is 0 Å². The third kappa shape index (κ3) is 5.99. The maximum absolute atomic E-state index is 14.4. The Hall–Kier alpha value is -2.56. The van der Waals surface area contributed by atoms with E-state index >= 15 is 0 Å². The number of nitrogens with zero attached hydrogens (tertiary/aromatic N) is 1. The van der Waals surface area contributed by atoms with Crippen molar-refractivity contribution in [2.45, 2.75) is 65.0 Å². The molecule has 168 valence electrons. The molecule has 1 fully saturated rings. The lowest BCUT2D eigenvalue weighted by Crippen LogP contribution is -2.40. The molecule has 31 heavy (non-hydrogen) atoms. The minimum Gasteiger partial charge on any atom is -0.490 e. The topological polar surface area (TPSA) is 38.8 Å². The molecular weight excluding hydrogens is 393 g/mol. The zero-order chi connectivity index (χ0) is 22.2. The van der Waals surface area contributed by atoms with Crippen LogP contribution in [0.3, 0.4) is 0 Å². The highest BCUT2D eigenvalue weighted by Crippen LogP contribution is 2.34. The van der Waals surface area contributed by atoms with Crippen LogP contribution in [0.1, 0.15) is 76.1 Å². The SMILES string of the molecule is CCCC(CCC)COc1cc([C@@H]2CCN([C@@H](C)c3ccccc3)C(=O)O2)ccc1F. The van der Waals surface area contributed by atoms with E-state index in [2.05, 4.69) is 13.8 Å². The summed E-state index contributed by atoms with van der Waals surface area (Å²) in [5.41, 5.74) is 1.85. The van der Waals surface area contributed by atoms with Crippen molar-refractivity contribution in [3.8, 4) is 5.75 Å². The van der Waals surface area contributed by atoms with Crippen LogP contribution in [-0.4, -0.2) is 24.1 Å². The summed E-state index contributed by atoms with van der Waals surface area (Å²) in [6.45, 7) is 7.41. The van der Waals surface area contributed by atoms with Gasteiger partial charge in [-0.05, 0) is 48.9 Å². The van der Waals surface area contributed by atoms with Crippen LogP contribution >= 0.6 is 0 Å². The Morgan fingerprint density at radius 3 is 2.48 bits per heavy atom. The number of rotatable bonds is 10. The van der Waals surface area contributed by atoms with Crippen molar-refractivity contribution in [3.63, 3.8) is 0 Å². The van der Waals surface area contributed by atoms with Gasteiger partial charge < -0.3 is 14.4 Å². The number of cyclic esters (lactones) is 1. The fourth-order valence-corrected chi connectivity index (χ4v) is 4.26. The lowest BCUT2D eigenvalue weighted by Gasteiger charge is -2.36. The van der Waals surface area contributed by atoms with Gasteiger partial charge in [0.2, 0.25) is 0 Å². The highest BCUT2D eigenvalue weighted by molar-refractivity contribution is 5.69. The van der Waals surface area contributed by atoms with Crippen molar-refractivity contribution in [2.75, 3.05) is 13.2 Å². The van der Waals surface area contributed by atoms with Gasteiger partial charge in [-0.1, -0.05) is 63.1 Å². The highest BCUT2D eigenvalue weighted by atomic mass is 19.1. The van der Waals surface area contributed by atoms with Gasteiger partial charge in [0, 0.05) is 13.0 Å². The van der Waals surface area contributed by atoms with Crippen molar-refractivity contribution in [2.24, 2.45) is 5.92 Å². The average Bonchev–Trinajstić information content (AvgIpc) is 2.79. The first kappa shape index (κ1) is 23.1. The smallest absolute Gasteiger partial charge is 0.410 e. The molecule has 5 heteroatoms. The molecule has 1 heterocycles. The van der Waals surface area contributed by atoms with Crippen LogP contribution < -0.4 is 4.74 Å². The molecule has 2 atom stereocenters. The van der Waals surface area contributed by atoms with E-state index < -0.39 is 6.10 Å². The van der Waals surface area contributed by atoms with Crippen LogP contribution in [0.4, 0.5) is 9.18 Å². The van der Waals surface area contributed by atoms with Gasteiger partial charge >= 0.3 is 6.09 Å². The zero-order valence-corrected chi connectivity index (χ0v) is 18.9. The number of carbonyl (C=O) groups is 1. The third-order valence-corrected chi connectivity index (χ3v) is 6.05. The molecule has 0 N–H and O–H groups in total. The van der Waals surface area contributed by atoms with Crippen LogP contribution in [0.15, 0.2) is 48.5 Å². The maximum Gasteiger partial charge on any atom is 0.410 e. The molecule has 0 bridgehead atoms. The number of benzene rings is 2. The van der Waals surface area contributed by atoms with Crippen LogP contribution in [0.2, 0.25) is 0 Å². The number of amides is 1. The van der Waals surface area contributed by atoms with Gasteiger partial charge in [-0.25, -0.2) is 9.18 Å². The molecule has 1 saturated heterocycles. The molecule has 0 radical (unpaired) electrons. The van der Waals surface area contributed by atoms with Crippen molar-refractivity contribution >= 4 is 6.09 Å². The van der Waals surface area contributed by atoms with Crippen LogP contribution in [-0.2, 0) is 4.74 Å². The second-order valence-electron chi connectivity index (χ2n) is 8.39. The summed E-state index contributed by atoms with van der Waals surface area (Å²) in [5, 5.41) is 0. The molecule has 1 amide bonds. The highest BCUT2D eigenvalue weighted by Gasteiger charge is 2.32. The van der Waals surface area contributed by atoms with E-state index in [0.29, 0.717) is 25.5 Å². The van der Waals surface area contributed by atoms with Gasteiger partial charge in [-0.2, -0.15) is 0 Å². The third-order valence-electron chi connectivity index (χ3n) is 6.05. The van der Waals surface area contributed by atoms with Gasteiger partial charge in [-0.3, -0.25) is 0 Å². The van der Waals surface area contributed by atoms with E-state index in [4.69, 9.17) is 9.47 Å². The lowest BCUT2D eigenvalue weighted by molar-refractivity contribution is 0.0121. The Balaban J connectivity index is 1.64. The van der Waals surface area contributed by atoms with E-state index in [1.54, 1.807) is 17.0 Å². The second kappa shape index (κ2) is 11.2. The predicted octanol–water partition coefficient (Wildman–Crippen LogP) is 7.07. The standard InChI is InChI=1S/C26H34FNO3/c1-4-9-20(10-5-2)18-30-25-17-22(13-14-23(25)27)24-15-16-28(26(29)31-24)19(3)21-11-7-6-8-12-21/h6-8,11-14,17,19-20,24H,4-5,9-10,15-16,18H2,1-3H3/t19-,24-/m0/s1. The Kier molecular flexibility index (Phi) is 8.33. The van der Waals surface area contributed by atoms with Crippen molar-refractivity contribution < 1.29 is 18.7 Å². The first-order chi connectivity index (χ1) is 15.0. The van der Waals surface area contributed by atoms with E-state index in [9.17, 15) is 9.18 Å². The van der Waals surface area contributed by atoms with E-state index in [-0.39, 0.29) is 23.7 Å². The van der Waals surface area contributed by atoms with Crippen LogP contribution in [0, 0.1) is 11.7 Å². The molecular formula is C26H34FNO3. The van der Waals surface area contributed by atoms with Crippen LogP contribution in [0.5, 0.6) is 5.75 Å². The van der Waals surface area contributed by atoms with Gasteiger partial charge in [-0.15, -0.1) is 0 Å². The maximum atomic E-state index is 14.4. The number of halogens is 1. The average molecular weight is 428 g/mol. The van der Waals surface area contributed by atoms with E-state index in [1.807, 2.05) is 37.3 Å². The number of hydrogen-bond donors (Lipinski definition) is 0. The first-order valence-corrected chi connectivity index (χ1v) is 11.5. The molecule has 3 rings (SSSR count). The van der Waals surface area contributed by atoms with Gasteiger partial charge in [0.15, 0.2) is 11.6 Å². The molecule has 0 aliphatic carbocycles. The number of ether oxygens (including phenoxy) is 2. The molecule has 2 aromatic rings. The lowest BCUT2D eigenvalue weighted by atomic mass is 9.99. The minimum atomic E-state index is -0.392. The number of hydrogen-bond acceptors (Lipinski definition) is 3. The Bertz CT molecular complexity index is 836. The van der Waals surface area contributed by atoms with Gasteiger partial charge in [0.25, 0.3) is 0 Å². The Morgan fingerprint density at radius 1 is 1.13 bits per heavy atom. The van der Waals surface area contributed by atoms with Gasteiger partial charge in [0.1, 0.15) is 6.10 Å². The normalized spacial score (nSPS) is 17.5.